The van der Waals surface area contributed by atoms with Gasteiger partial charge >= 0.3 is 0 Å². The molecule has 0 atom stereocenters. The summed E-state index contributed by atoms with van der Waals surface area (Å²) in [5.41, 5.74) is 15.9. The molecule has 0 aliphatic carbocycles. The van der Waals surface area contributed by atoms with Crippen LogP contribution in [0.25, 0.3) is 0 Å². The number of ether oxygens (including phenoxy) is 1. The van der Waals surface area contributed by atoms with Gasteiger partial charge in [0.15, 0.2) is 5.82 Å². The highest BCUT2D eigenvalue weighted by Crippen LogP contribution is 2.30. The Hall–Kier alpha value is -4.39. The van der Waals surface area contributed by atoms with E-state index in [2.05, 4.69) is 26.9 Å². The lowest BCUT2D eigenvalue weighted by atomic mass is 9.91. The van der Waals surface area contributed by atoms with Crippen molar-refractivity contribution in [3.05, 3.63) is 107 Å². The van der Waals surface area contributed by atoms with Gasteiger partial charge in [-0.25, -0.2) is 4.98 Å². The molecule has 4 N–H and O–H groups in total. The van der Waals surface area contributed by atoms with Gasteiger partial charge in [-0.3, -0.25) is 15.6 Å². The summed E-state index contributed by atoms with van der Waals surface area (Å²) in [6.07, 6.45) is 1.33. The third-order valence-electron chi connectivity index (χ3n) is 5.09. The third kappa shape index (κ3) is 5.27. The highest BCUT2D eigenvalue weighted by Gasteiger charge is 2.23. The lowest BCUT2D eigenvalue weighted by molar-refractivity contribution is -0.121. The Morgan fingerprint density at radius 2 is 1.45 bits per heavy atom. The number of nitrogens with zero attached hydrogens (tertiary/aromatic N) is 2. The molecule has 166 valence electrons. The van der Waals surface area contributed by atoms with Crippen LogP contribution in [-0.4, -0.2) is 15.9 Å². The molecule has 0 aliphatic rings. The minimum Gasteiger partial charge on any atom is -0.437 e. The molecule has 33 heavy (non-hydrogen) atoms. The van der Waals surface area contributed by atoms with Gasteiger partial charge in [-0.05, 0) is 48.2 Å². The third-order valence-corrected chi connectivity index (χ3v) is 5.09. The van der Waals surface area contributed by atoms with Crippen LogP contribution in [0, 0.1) is 13.8 Å². The topological polar surface area (TPSA) is 102 Å². The molecule has 7 nitrogen and oxygen atoms in total. The molecule has 0 bridgehead atoms. The SMILES string of the molecule is Cc1cc(C)cc(Oc2ncnc(NNC(=O)C(c3ccccc3)c3ccccc3)c2N)c1. The van der Waals surface area contributed by atoms with Crippen LogP contribution in [0.3, 0.4) is 0 Å². The van der Waals surface area contributed by atoms with Crippen molar-refractivity contribution >= 4 is 17.4 Å². The summed E-state index contributed by atoms with van der Waals surface area (Å²) in [6.45, 7) is 3.98. The molecular weight excluding hydrogens is 414 g/mol. The van der Waals surface area contributed by atoms with E-state index in [0.717, 1.165) is 22.3 Å². The number of nitrogens with two attached hydrogens (primary N) is 1. The van der Waals surface area contributed by atoms with Crippen LogP contribution in [0.5, 0.6) is 11.6 Å². The second-order valence-corrected chi connectivity index (χ2v) is 7.74. The molecule has 0 spiro atoms. The van der Waals surface area contributed by atoms with E-state index in [1.54, 1.807) is 0 Å². The van der Waals surface area contributed by atoms with E-state index in [4.69, 9.17) is 10.5 Å². The molecule has 4 aromatic rings. The minimum absolute atomic E-state index is 0.188. The number of nitrogen functional groups attached to an aromatic ring is 1. The lowest BCUT2D eigenvalue weighted by Gasteiger charge is -2.19. The number of hydrogen-bond acceptors (Lipinski definition) is 6. The van der Waals surface area contributed by atoms with Crippen molar-refractivity contribution < 1.29 is 9.53 Å². The van der Waals surface area contributed by atoms with Crippen molar-refractivity contribution in [1.29, 1.82) is 0 Å². The van der Waals surface area contributed by atoms with Crippen molar-refractivity contribution in [2.24, 2.45) is 0 Å². The van der Waals surface area contributed by atoms with Crippen molar-refractivity contribution in [2.45, 2.75) is 19.8 Å². The minimum atomic E-state index is -0.506. The second kappa shape index (κ2) is 9.82. The Kier molecular flexibility index (Phi) is 6.50. The van der Waals surface area contributed by atoms with Crippen LogP contribution < -0.4 is 21.3 Å². The number of nitrogens with one attached hydrogen (secondary N) is 2. The van der Waals surface area contributed by atoms with Gasteiger partial charge in [-0.1, -0.05) is 66.7 Å². The number of rotatable bonds is 7. The van der Waals surface area contributed by atoms with E-state index in [0.29, 0.717) is 5.75 Å². The smallest absolute Gasteiger partial charge is 0.250 e. The van der Waals surface area contributed by atoms with Gasteiger partial charge in [0, 0.05) is 0 Å². The maximum absolute atomic E-state index is 13.2. The molecule has 4 rings (SSSR count). The summed E-state index contributed by atoms with van der Waals surface area (Å²) in [5.74, 6) is 0.323. The van der Waals surface area contributed by atoms with E-state index >= 15 is 0 Å². The number of hydrazine groups is 1. The first-order chi connectivity index (χ1) is 16.0. The summed E-state index contributed by atoms with van der Waals surface area (Å²) in [7, 11) is 0. The maximum atomic E-state index is 13.2. The van der Waals surface area contributed by atoms with Crippen LogP contribution in [0.2, 0.25) is 0 Å². The van der Waals surface area contributed by atoms with Gasteiger partial charge < -0.3 is 10.5 Å². The van der Waals surface area contributed by atoms with Crippen LogP contribution in [0.1, 0.15) is 28.2 Å². The number of benzene rings is 3. The fourth-order valence-corrected chi connectivity index (χ4v) is 3.64. The Morgan fingerprint density at radius 3 is 2.03 bits per heavy atom. The van der Waals surface area contributed by atoms with Gasteiger partial charge in [0.25, 0.3) is 0 Å². The zero-order chi connectivity index (χ0) is 23.2. The molecule has 3 aromatic carbocycles. The number of aromatic nitrogens is 2. The Morgan fingerprint density at radius 1 is 0.879 bits per heavy atom. The zero-order valence-corrected chi connectivity index (χ0v) is 18.4. The molecule has 0 fully saturated rings. The molecule has 0 saturated carbocycles. The molecule has 0 radical (unpaired) electrons. The van der Waals surface area contributed by atoms with Gasteiger partial charge in [-0.2, -0.15) is 4.98 Å². The standard InChI is InChI=1S/C26H25N5O2/c1-17-13-18(2)15-21(14-17)33-26-23(27)24(28-16-29-26)30-31-25(32)22(19-9-5-3-6-10-19)20-11-7-4-8-12-20/h3-16,22H,27H2,1-2H3,(H,31,32)(H,28,29,30). The predicted octanol–water partition coefficient (Wildman–Crippen LogP) is 4.74. The zero-order valence-electron chi connectivity index (χ0n) is 18.4. The van der Waals surface area contributed by atoms with E-state index in [1.165, 1.54) is 6.33 Å². The fourth-order valence-electron chi connectivity index (χ4n) is 3.64. The maximum Gasteiger partial charge on any atom is 0.250 e. The summed E-state index contributed by atoms with van der Waals surface area (Å²) in [4.78, 5) is 21.5. The van der Waals surface area contributed by atoms with Crippen molar-refractivity contribution in [1.82, 2.24) is 15.4 Å². The van der Waals surface area contributed by atoms with E-state index in [9.17, 15) is 4.79 Å². The van der Waals surface area contributed by atoms with Crippen LogP contribution >= 0.6 is 0 Å². The number of hydrogen-bond donors (Lipinski definition) is 3. The highest BCUT2D eigenvalue weighted by molar-refractivity contribution is 5.88. The van der Waals surface area contributed by atoms with E-state index < -0.39 is 5.92 Å². The number of amides is 1. The average molecular weight is 440 g/mol. The Balaban J connectivity index is 1.53. The highest BCUT2D eigenvalue weighted by atomic mass is 16.5. The van der Waals surface area contributed by atoms with Gasteiger partial charge in [0.05, 0.1) is 5.92 Å². The van der Waals surface area contributed by atoms with Gasteiger partial charge in [0.2, 0.25) is 11.8 Å². The van der Waals surface area contributed by atoms with Crippen molar-refractivity contribution in [3.8, 4) is 11.6 Å². The summed E-state index contributed by atoms with van der Waals surface area (Å²) < 4.78 is 5.88. The molecular formula is C26H25N5O2. The van der Waals surface area contributed by atoms with Gasteiger partial charge in [0.1, 0.15) is 17.8 Å². The number of aryl methyl sites for hydroxylation is 2. The van der Waals surface area contributed by atoms with Crippen LogP contribution in [-0.2, 0) is 4.79 Å². The first-order valence-electron chi connectivity index (χ1n) is 10.5. The van der Waals surface area contributed by atoms with E-state index in [1.807, 2.05) is 86.6 Å². The normalized spacial score (nSPS) is 10.6. The monoisotopic (exact) mass is 439 g/mol. The average Bonchev–Trinajstić information content (AvgIpc) is 2.81. The molecule has 0 unspecified atom stereocenters. The van der Waals surface area contributed by atoms with Crippen LogP contribution in [0.15, 0.2) is 85.2 Å². The Labute approximate surface area is 192 Å². The summed E-state index contributed by atoms with van der Waals surface area (Å²) in [6, 6.07) is 25.0. The number of carbonyl (C=O) groups is 1. The van der Waals surface area contributed by atoms with E-state index in [-0.39, 0.29) is 23.3 Å². The Bertz CT molecular complexity index is 1190. The summed E-state index contributed by atoms with van der Waals surface area (Å²) >= 11 is 0. The first kappa shape index (κ1) is 21.8. The van der Waals surface area contributed by atoms with Crippen molar-refractivity contribution in [2.75, 3.05) is 11.2 Å². The van der Waals surface area contributed by atoms with Crippen LogP contribution in [0.4, 0.5) is 11.5 Å². The lowest BCUT2D eigenvalue weighted by Crippen LogP contribution is -2.35. The molecule has 7 heteroatoms. The molecule has 1 heterocycles. The quantitative estimate of drug-likeness (QED) is 0.359. The molecule has 0 saturated heterocycles. The van der Waals surface area contributed by atoms with Gasteiger partial charge in [-0.15, -0.1) is 0 Å². The molecule has 1 aromatic heterocycles. The largest absolute Gasteiger partial charge is 0.437 e. The first-order valence-corrected chi connectivity index (χ1v) is 10.5. The molecule has 0 aliphatic heterocycles. The molecule has 1 amide bonds. The predicted molar refractivity (Wildman–Crippen MR) is 129 cm³/mol. The number of carbonyl (C=O) groups excluding carboxylic acids is 1. The fraction of sp³-hybridized carbons (Fsp3) is 0.115. The summed E-state index contributed by atoms with van der Waals surface area (Å²) in [5, 5.41) is 0. The van der Waals surface area contributed by atoms with Crippen molar-refractivity contribution in [3.63, 3.8) is 0 Å². The second-order valence-electron chi connectivity index (χ2n) is 7.74. The number of anilines is 2.